The number of anilines is 1. The molecule has 1 N–H and O–H groups in total. The predicted octanol–water partition coefficient (Wildman–Crippen LogP) is 3.92. The van der Waals surface area contributed by atoms with Crippen molar-refractivity contribution in [1.82, 2.24) is 5.32 Å². The van der Waals surface area contributed by atoms with Gasteiger partial charge in [0.05, 0.1) is 24.4 Å². The number of hydrogen-bond donors (Lipinski definition) is 1. The van der Waals surface area contributed by atoms with Crippen molar-refractivity contribution in [2.24, 2.45) is 0 Å². The van der Waals surface area contributed by atoms with Gasteiger partial charge in [0.25, 0.3) is 11.8 Å². The highest BCUT2D eigenvalue weighted by molar-refractivity contribution is 6.39. The highest BCUT2D eigenvalue weighted by atomic mass is 35.5. The van der Waals surface area contributed by atoms with Gasteiger partial charge in [-0.1, -0.05) is 29.3 Å². The van der Waals surface area contributed by atoms with Gasteiger partial charge in [-0.15, -0.1) is 0 Å². The minimum absolute atomic E-state index is 0.0670. The lowest BCUT2D eigenvalue weighted by atomic mass is 10.1. The van der Waals surface area contributed by atoms with Gasteiger partial charge in [-0.2, -0.15) is 0 Å². The summed E-state index contributed by atoms with van der Waals surface area (Å²) in [5.41, 5.74) is 0.971. The summed E-state index contributed by atoms with van der Waals surface area (Å²) in [4.78, 5) is 50.3. The van der Waals surface area contributed by atoms with Crippen molar-refractivity contribution in [2.45, 2.75) is 13.8 Å². The average Bonchev–Trinajstić information content (AvgIpc) is 2.78. The van der Waals surface area contributed by atoms with Crippen LogP contribution in [0.5, 0.6) is 11.5 Å². The molecule has 0 saturated carbocycles. The number of carbonyl (C=O) groups is 4. The van der Waals surface area contributed by atoms with Crippen LogP contribution in [0.4, 0.5) is 10.5 Å². The summed E-state index contributed by atoms with van der Waals surface area (Å²) >= 11 is 12.4. The maximum absolute atomic E-state index is 13.1. The van der Waals surface area contributed by atoms with Crippen LogP contribution in [-0.2, 0) is 19.1 Å². The predicted molar refractivity (Wildman–Crippen MR) is 125 cm³/mol. The van der Waals surface area contributed by atoms with Gasteiger partial charge in [-0.3, -0.25) is 14.9 Å². The summed E-state index contributed by atoms with van der Waals surface area (Å²) in [5.74, 6) is -2.05. The van der Waals surface area contributed by atoms with Crippen molar-refractivity contribution >= 4 is 58.8 Å². The number of esters is 1. The lowest BCUT2D eigenvalue weighted by Crippen LogP contribution is -2.54. The van der Waals surface area contributed by atoms with E-state index < -0.39 is 23.8 Å². The van der Waals surface area contributed by atoms with E-state index in [1.54, 1.807) is 26.0 Å². The zero-order chi connectivity index (χ0) is 25.0. The number of aryl methyl sites for hydroxylation is 1. The molecule has 0 spiro atoms. The monoisotopic (exact) mass is 506 g/mol. The summed E-state index contributed by atoms with van der Waals surface area (Å²) in [5, 5.41) is 2.56. The molecule has 1 fully saturated rings. The average molecular weight is 507 g/mol. The molecule has 1 heterocycles. The van der Waals surface area contributed by atoms with Gasteiger partial charge >= 0.3 is 12.0 Å². The first-order chi connectivity index (χ1) is 16.2. The fourth-order valence-corrected chi connectivity index (χ4v) is 3.52. The number of amides is 4. The number of barbiturate groups is 1. The summed E-state index contributed by atoms with van der Waals surface area (Å²) in [7, 11) is 1.36. The molecule has 3 rings (SSSR count). The number of nitrogens with zero attached hydrogens (tertiary/aromatic N) is 1. The van der Waals surface area contributed by atoms with E-state index in [0.717, 1.165) is 10.5 Å². The number of halogens is 2. The first-order valence-corrected chi connectivity index (χ1v) is 10.7. The third-order valence-electron chi connectivity index (χ3n) is 4.72. The van der Waals surface area contributed by atoms with E-state index in [2.05, 4.69) is 5.32 Å². The van der Waals surface area contributed by atoms with Crippen LogP contribution in [-0.4, -0.2) is 44.1 Å². The minimum Gasteiger partial charge on any atom is -0.493 e. The second kappa shape index (κ2) is 10.6. The first kappa shape index (κ1) is 25.1. The molecule has 2 aromatic carbocycles. The zero-order valence-electron chi connectivity index (χ0n) is 18.4. The van der Waals surface area contributed by atoms with Crippen LogP contribution in [0.2, 0.25) is 10.0 Å². The summed E-state index contributed by atoms with van der Waals surface area (Å²) in [6.45, 7) is 3.25. The Morgan fingerprint density at radius 1 is 1.12 bits per heavy atom. The number of hydrogen-bond acceptors (Lipinski definition) is 7. The molecule has 11 heteroatoms. The van der Waals surface area contributed by atoms with Gasteiger partial charge in [-0.25, -0.2) is 14.5 Å². The highest BCUT2D eigenvalue weighted by Crippen LogP contribution is 2.37. The molecular weight excluding hydrogens is 487 g/mol. The molecule has 0 bridgehead atoms. The molecular formula is C23H20Cl2N2O7. The molecule has 34 heavy (non-hydrogen) atoms. The van der Waals surface area contributed by atoms with E-state index in [-0.39, 0.29) is 41.0 Å². The standard InChI is InChI=1S/C23H20Cl2N2O7/c1-4-33-19(28)11-34-20-17(25)8-13(9-18(20)32-3)7-15-21(29)26-23(31)27(22(15)30)14-6-5-12(2)16(24)10-14/h5-10H,4,11H2,1-3H3,(H,26,29,31)/b15-7-. The molecule has 4 amide bonds. The van der Waals surface area contributed by atoms with Gasteiger partial charge in [0.2, 0.25) is 0 Å². The molecule has 0 aromatic heterocycles. The fourth-order valence-electron chi connectivity index (χ4n) is 3.08. The Bertz CT molecular complexity index is 1210. The molecule has 0 radical (unpaired) electrons. The number of benzene rings is 2. The van der Waals surface area contributed by atoms with Gasteiger partial charge in [-0.05, 0) is 55.3 Å². The summed E-state index contributed by atoms with van der Waals surface area (Å²) in [6.07, 6.45) is 1.26. The molecule has 1 aliphatic rings. The fraction of sp³-hybridized carbons (Fsp3) is 0.217. The van der Waals surface area contributed by atoms with Crippen LogP contribution >= 0.6 is 23.2 Å². The Balaban J connectivity index is 1.95. The SMILES string of the molecule is CCOC(=O)COc1c(Cl)cc(/C=C2/C(=O)NC(=O)N(c3ccc(C)c(Cl)c3)C2=O)cc1OC. The molecule has 0 aliphatic carbocycles. The number of nitrogens with one attached hydrogen (secondary N) is 1. The van der Waals surface area contributed by atoms with Crippen molar-refractivity contribution in [1.29, 1.82) is 0 Å². The number of ether oxygens (including phenoxy) is 3. The van der Waals surface area contributed by atoms with Gasteiger partial charge < -0.3 is 14.2 Å². The van der Waals surface area contributed by atoms with Crippen LogP contribution in [0.15, 0.2) is 35.9 Å². The largest absolute Gasteiger partial charge is 0.493 e. The normalized spacial score (nSPS) is 14.8. The van der Waals surface area contributed by atoms with Crippen molar-refractivity contribution in [3.05, 3.63) is 57.1 Å². The summed E-state index contributed by atoms with van der Waals surface area (Å²) < 4.78 is 15.5. The van der Waals surface area contributed by atoms with Crippen LogP contribution in [0.25, 0.3) is 6.08 Å². The van der Waals surface area contributed by atoms with Crippen molar-refractivity contribution in [2.75, 3.05) is 25.2 Å². The van der Waals surface area contributed by atoms with Crippen LogP contribution in [0.3, 0.4) is 0 Å². The van der Waals surface area contributed by atoms with Gasteiger partial charge in [0.15, 0.2) is 18.1 Å². The topological polar surface area (TPSA) is 111 Å². The van der Waals surface area contributed by atoms with Crippen molar-refractivity contribution in [3.63, 3.8) is 0 Å². The van der Waals surface area contributed by atoms with Crippen LogP contribution < -0.4 is 19.7 Å². The Morgan fingerprint density at radius 2 is 1.85 bits per heavy atom. The molecule has 1 aliphatic heterocycles. The number of urea groups is 1. The third kappa shape index (κ3) is 5.32. The van der Waals surface area contributed by atoms with E-state index in [9.17, 15) is 19.2 Å². The van der Waals surface area contributed by atoms with E-state index in [1.165, 1.54) is 31.4 Å². The van der Waals surface area contributed by atoms with Gasteiger partial charge in [0.1, 0.15) is 5.57 Å². The number of carbonyl (C=O) groups excluding carboxylic acids is 4. The van der Waals surface area contributed by atoms with E-state index >= 15 is 0 Å². The molecule has 1 saturated heterocycles. The van der Waals surface area contributed by atoms with Crippen LogP contribution in [0, 0.1) is 6.92 Å². The molecule has 0 unspecified atom stereocenters. The quantitative estimate of drug-likeness (QED) is 0.344. The molecule has 178 valence electrons. The van der Waals surface area contributed by atoms with E-state index in [1.807, 2.05) is 0 Å². The Kier molecular flexibility index (Phi) is 7.80. The van der Waals surface area contributed by atoms with E-state index in [4.69, 9.17) is 37.4 Å². The van der Waals surface area contributed by atoms with Crippen molar-refractivity contribution < 1.29 is 33.4 Å². The Morgan fingerprint density at radius 3 is 2.50 bits per heavy atom. The minimum atomic E-state index is -0.898. The Hall–Kier alpha value is -3.56. The van der Waals surface area contributed by atoms with Crippen LogP contribution in [0.1, 0.15) is 18.1 Å². The third-order valence-corrected chi connectivity index (χ3v) is 5.41. The maximum Gasteiger partial charge on any atom is 0.344 e. The highest BCUT2D eigenvalue weighted by Gasteiger charge is 2.37. The second-order valence-corrected chi connectivity index (χ2v) is 7.83. The molecule has 9 nitrogen and oxygen atoms in total. The second-order valence-electron chi connectivity index (χ2n) is 7.02. The van der Waals surface area contributed by atoms with Crippen molar-refractivity contribution in [3.8, 4) is 11.5 Å². The molecule has 2 aromatic rings. The zero-order valence-corrected chi connectivity index (χ0v) is 20.0. The lowest BCUT2D eigenvalue weighted by Gasteiger charge is -2.26. The van der Waals surface area contributed by atoms with Gasteiger partial charge in [0, 0.05) is 5.02 Å². The Labute approximate surface area is 205 Å². The number of rotatable bonds is 7. The number of imide groups is 2. The van der Waals surface area contributed by atoms with E-state index in [0.29, 0.717) is 10.6 Å². The lowest BCUT2D eigenvalue weighted by molar-refractivity contribution is -0.145. The molecule has 0 atom stereocenters. The first-order valence-electron chi connectivity index (χ1n) is 9.99. The summed E-state index contributed by atoms with van der Waals surface area (Å²) in [6, 6.07) is 6.63. The number of methoxy groups -OCH3 is 1. The smallest absolute Gasteiger partial charge is 0.344 e. The maximum atomic E-state index is 13.1.